The van der Waals surface area contributed by atoms with Crippen molar-refractivity contribution in [2.75, 3.05) is 23.7 Å². The molecule has 4 aromatic rings. The van der Waals surface area contributed by atoms with E-state index in [1.54, 1.807) is 21.6 Å². The largest absolute Gasteiger partial charge is 0.383 e. The van der Waals surface area contributed by atoms with E-state index in [0.29, 0.717) is 11.7 Å². The minimum absolute atomic E-state index is 0.532. The lowest BCUT2D eigenvalue weighted by Crippen LogP contribution is -2.35. The summed E-state index contributed by atoms with van der Waals surface area (Å²) in [7, 11) is 1.89. The first-order chi connectivity index (χ1) is 14.1. The van der Waals surface area contributed by atoms with E-state index in [4.69, 9.17) is 10.7 Å². The van der Waals surface area contributed by atoms with Gasteiger partial charge in [-0.2, -0.15) is 19.9 Å². The zero-order valence-corrected chi connectivity index (χ0v) is 17.4. The minimum atomic E-state index is 0.532. The first-order valence-electron chi connectivity index (χ1n) is 9.39. The van der Waals surface area contributed by atoms with Gasteiger partial charge in [-0.15, -0.1) is 10.2 Å². The molecule has 1 aliphatic heterocycles. The number of nitrogens with two attached hydrogens (primary N) is 1. The molecule has 0 unspecified atom stereocenters. The summed E-state index contributed by atoms with van der Waals surface area (Å²) in [6.07, 6.45) is 8.43. The van der Waals surface area contributed by atoms with Crippen molar-refractivity contribution in [2.24, 2.45) is 13.0 Å². The van der Waals surface area contributed by atoms with Crippen LogP contribution in [0.4, 0.5) is 11.6 Å². The number of H-pyrrole nitrogens is 1. The van der Waals surface area contributed by atoms with Crippen LogP contribution in [0.1, 0.15) is 18.7 Å². The lowest BCUT2D eigenvalue weighted by Gasteiger charge is -2.33. The number of piperidine rings is 1. The molecule has 0 aromatic carbocycles. The Hall–Kier alpha value is -3.02. The van der Waals surface area contributed by atoms with Gasteiger partial charge in [-0.1, -0.05) is 5.21 Å². The van der Waals surface area contributed by atoms with Gasteiger partial charge in [-0.25, -0.2) is 4.98 Å². The maximum atomic E-state index is 6.38. The standard InChI is InChI=1S/C17H20BrN11/c1-27-9-11(7-20-27)12-8-21-29-15(19)14(18)17(22-16(12)29)28-4-2-10(3-5-28)6-13-23-25-26-24-13/h7-10H,2-6,19H2,1H3,(H,23,24,25,26). The van der Waals surface area contributed by atoms with Crippen LogP contribution in [0, 0.1) is 5.92 Å². The van der Waals surface area contributed by atoms with Crippen LogP contribution in [0.15, 0.2) is 23.1 Å². The summed E-state index contributed by atoms with van der Waals surface area (Å²) in [5.74, 6) is 2.69. The smallest absolute Gasteiger partial charge is 0.174 e. The molecule has 5 heterocycles. The molecule has 0 amide bonds. The second-order valence-electron chi connectivity index (χ2n) is 7.29. The Morgan fingerprint density at radius 1 is 1.24 bits per heavy atom. The predicted molar refractivity (Wildman–Crippen MR) is 110 cm³/mol. The van der Waals surface area contributed by atoms with Crippen molar-refractivity contribution in [3.63, 3.8) is 0 Å². The average molecular weight is 458 g/mol. The molecule has 1 saturated heterocycles. The summed E-state index contributed by atoms with van der Waals surface area (Å²) in [6, 6.07) is 0. The number of hydrogen-bond donors (Lipinski definition) is 2. The number of nitrogen functional groups attached to an aromatic ring is 1. The van der Waals surface area contributed by atoms with Gasteiger partial charge >= 0.3 is 0 Å². The number of aromatic nitrogens is 9. The van der Waals surface area contributed by atoms with Crippen LogP contribution in [-0.4, -0.2) is 58.1 Å². The van der Waals surface area contributed by atoms with Gasteiger partial charge in [-0.05, 0) is 34.7 Å². The van der Waals surface area contributed by atoms with E-state index < -0.39 is 0 Å². The molecule has 150 valence electrons. The Labute approximate surface area is 174 Å². The summed E-state index contributed by atoms with van der Waals surface area (Å²) >= 11 is 3.63. The molecule has 3 N–H and O–H groups in total. The van der Waals surface area contributed by atoms with E-state index in [9.17, 15) is 0 Å². The highest BCUT2D eigenvalue weighted by atomic mass is 79.9. The van der Waals surface area contributed by atoms with Crippen LogP contribution in [0.25, 0.3) is 16.8 Å². The second kappa shape index (κ2) is 7.10. The predicted octanol–water partition coefficient (Wildman–Crippen LogP) is 1.45. The molecule has 12 heteroatoms. The fraction of sp³-hybridized carbons (Fsp3) is 0.412. The number of tetrazole rings is 1. The number of aryl methyl sites for hydroxylation is 1. The van der Waals surface area contributed by atoms with Crippen LogP contribution in [0.2, 0.25) is 0 Å². The third-order valence-electron chi connectivity index (χ3n) is 5.40. The van der Waals surface area contributed by atoms with Gasteiger partial charge in [0.05, 0.1) is 12.4 Å². The first kappa shape index (κ1) is 18.0. The molecule has 5 rings (SSSR count). The van der Waals surface area contributed by atoms with Crippen molar-refractivity contribution < 1.29 is 0 Å². The monoisotopic (exact) mass is 457 g/mol. The summed E-state index contributed by atoms with van der Waals surface area (Å²) in [6.45, 7) is 1.78. The van der Waals surface area contributed by atoms with Crippen LogP contribution < -0.4 is 10.6 Å². The van der Waals surface area contributed by atoms with Crippen molar-refractivity contribution in [1.82, 2.24) is 45.0 Å². The number of nitrogens with zero attached hydrogens (tertiary/aromatic N) is 9. The second-order valence-corrected chi connectivity index (χ2v) is 8.09. The lowest BCUT2D eigenvalue weighted by molar-refractivity contribution is 0.395. The Morgan fingerprint density at radius 3 is 2.76 bits per heavy atom. The highest BCUT2D eigenvalue weighted by molar-refractivity contribution is 9.10. The van der Waals surface area contributed by atoms with Crippen LogP contribution in [0.5, 0.6) is 0 Å². The normalized spacial score (nSPS) is 15.4. The molecule has 4 aromatic heterocycles. The van der Waals surface area contributed by atoms with Crippen LogP contribution in [-0.2, 0) is 13.5 Å². The summed E-state index contributed by atoms with van der Waals surface area (Å²) in [5, 5.41) is 23.0. The van der Waals surface area contributed by atoms with Crippen LogP contribution >= 0.6 is 15.9 Å². The highest BCUT2D eigenvalue weighted by Gasteiger charge is 2.25. The number of rotatable bonds is 4. The van der Waals surface area contributed by atoms with Crippen molar-refractivity contribution in [3.05, 3.63) is 28.9 Å². The molecule has 29 heavy (non-hydrogen) atoms. The molecule has 1 aliphatic rings. The van der Waals surface area contributed by atoms with Gasteiger partial charge in [-0.3, -0.25) is 4.68 Å². The Morgan fingerprint density at radius 2 is 2.07 bits per heavy atom. The number of aromatic amines is 1. The molecular weight excluding hydrogens is 438 g/mol. The van der Waals surface area contributed by atoms with E-state index in [2.05, 4.69) is 51.7 Å². The van der Waals surface area contributed by atoms with E-state index in [1.807, 2.05) is 13.2 Å². The Kier molecular flexibility index (Phi) is 4.42. The molecular formula is C17H20BrN11. The van der Waals surface area contributed by atoms with E-state index in [-0.39, 0.29) is 0 Å². The zero-order chi connectivity index (χ0) is 20.0. The quantitative estimate of drug-likeness (QED) is 0.470. The average Bonchev–Trinajstić information content (AvgIpc) is 3.46. The van der Waals surface area contributed by atoms with Crippen molar-refractivity contribution >= 4 is 33.2 Å². The third-order valence-corrected chi connectivity index (χ3v) is 6.16. The molecule has 0 spiro atoms. The first-order valence-corrected chi connectivity index (χ1v) is 10.2. The Balaban J connectivity index is 1.43. The number of halogens is 1. The van der Waals surface area contributed by atoms with Crippen molar-refractivity contribution in [3.8, 4) is 11.1 Å². The third kappa shape index (κ3) is 3.22. The zero-order valence-electron chi connectivity index (χ0n) is 15.8. The molecule has 11 nitrogen and oxygen atoms in total. The van der Waals surface area contributed by atoms with Gasteiger partial charge < -0.3 is 10.6 Å². The van der Waals surface area contributed by atoms with Gasteiger partial charge in [0.1, 0.15) is 16.1 Å². The van der Waals surface area contributed by atoms with Gasteiger partial charge in [0.15, 0.2) is 11.5 Å². The van der Waals surface area contributed by atoms with Crippen LogP contribution in [0.3, 0.4) is 0 Å². The highest BCUT2D eigenvalue weighted by Crippen LogP contribution is 2.35. The van der Waals surface area contributed by atoms with E-state index in [1.165, 1.54) is 0 Å². The van der Waals surface area contributed by atoms with E-state index in [0.717, 1.165) is 65.2 Å². The van der Waals surface area contributed by atoms with E-state index >= 15 is 0 Å². The van der Waals surface area contributed by atoms with Crippen molar-refractivity contribution in [1.29, 1.82) is 0 Å². The molecule has 0 saturated carbocycles. The van der Waals surface area contributed by atoms with Gasteiger partial charge in [0, 0.05) is 43.9 Å². The van der Waals surface area contributed by atoms with Gasteiger partial charge in [0.25, 0.3) is 0 Å². The SMILES string of the molecule is Cn1cc(-c2cnn3c(N)c(Br)c(N4CCC(Cc5nn[nH]n5)CC4)nc23)cn1. The van der Waals surface area contributed by atoms with Crippen molar-refractivity contribution in [2.45, 2.75) is 19.3 Å². The minimum Gasteiger partial charge on any atom is -0.383 e. The maximum Gasteiger partial charge on any atom is 0.174 e. The summed E-state index contributed by atoms with van der Waals surface area (Å²) in [5.41, 5.74) is 8.97. The number of anilines is 2. The van der Waals surface area contributed by atoms with Gasteiger partial charge in [0.2, 0.25) is 0 Å². The molecule has 0 radical (unpaired) electrons. The number of hydrogen-bond acceptors (Lipinski definition) is 8. The fourth-order valence-electron chi connectivity index (χ4n) is 3.83. The summed E-state index contributed by atoms with van der Waals surface area (Å²) < 4.78 is 4.19. The fourth-order valence-corrected chi connectivity index (χ4v) is 4.34. The lowest BCUT2D eigenvalue weighted by atomic mass is 9.93. The summed E-state index contributed by atoms with van der Waals surface area (Å²) in [4.78, 5) is 7.20. The molecule has 0 atom stereocenters. The molecule has 0 aliphatic carbocycles. The Bertz CT molecular complexity index is 1140. The maximum absolute atomic E-state index is 6.38. The molecule has 0 bridgehead atoms. The topological polar surface area (TPSA) is 132 Å². The molecule has 1 fully saturated rings. The number of fused-ring (bicyclic) bond motifs is 1. The number of nitrogens with one attached hydrogen (secondary N) is 1.